The second-order valence-electron chi connectivity index (χ2n) is 7.08. The van der Waals surface area contributed by atoms with E-state index in [1.807, 2.05) is 0 Å². The second kappa shape index (κ2) is 9.01. The van der Waals surface area contributed by atoms with Crippen molar-refractivity contribution in [3.63, 3.8) is 0 Å². The lowest BCUT2D eigenvalue weighted by molar-refractivity contribution is 0.100. The molecule has 0 radical (unpaired) electrons. The minimum atomic E-state index is -0.592. The molecule has 5 heteroatoms. The van der Waals surface area contributed by atoms with E-state index in [1.165, 1.54) is 6.92 Å². The van der Waals surface area contributed by atoms with Crippen molar-refractivity contribution < 1.29 is 14.6 Å². The molecule has 0 aliphatic rings. The van der Waals surface area contributed by atoms with E-state index in [0.717, 1.165) is 13.1 Å². The van der Waals surface area contributed by atoms with Gasteiger partial charge in [-0.15, -0.1) is 0 Å². The number of nitrogens with zero attached hydrogens (tertiary/aromatic N) is 1. The van der Waals surface area contributed by atoms with Crippen molar-refractivity contribution in [2.45, 2.75) is 26.9 Å². The zero-order valence-corrected chi connectivity index (χ0v) is 14.9. The molecule has 0 aliphatic carbocycles. The molecule has 2 N–H and O–H groups in total. The Bertz CT molecular complexity index is 501. The van der Waals surface area contributed by atoms with Gasteiger partial charge in [0.05, 0.1) is 0 Å². The summed E-state index contributed by atoms with van der Waals surface area (Å²) in [5.74, 6) is 0.602. The van der Waals surface area contributed by atoms with Crippen LogP contribution in [0.15, 0.2) is 24.3 Å². The molecule has 1 rings (SSSR count). The topological polar surface area (TPSA) is 61.8 Å². The summed E-state index contributed by atoms with van der Waals surface area (Å²) in [6, 6.07) is 7.01. The number of benzene rings is 1. The molecular weight excluding hydrogens is 292 g/mol. The van der Waals surface area contributed by atoms with Crippen molar-refractivity contribution in [1.29, 1.82) is 0 Å². The van der Waals surface area contributed by atoms with E-state index in [1.54, 1.807) is 24.3 Å². The van der Waals surface area contributed by atoms with Gasteiger partial charge >= 0.3 is 0 Å². The number of aliphatic hydroxyl groups is 1. The lowest BCUT2D eigenvalue weighted by Gasteiger charge is -2.29. The summed E-state index contributed by atoms with van der Waals surface area (Å²) in [5, 5.41) is 13.3. The second-order valence-corrected chi connectivity index (χ2v) is 7.08. The highest BCUT2D eigenvalue weighted by molar-refractivity contribution is 5.94. The van der Waals surface area contributed by atoms with Crippen LogP contribution >= 0.6 is 0 Å². The van der Waals surface area contributed by atoms with Crippen molar-refractivity contribution in [3.8, 4) is 5.75 Å². The Kier molecular flexibility index (Phi) is 7.68. The Morgan fingerprint density at radius 3 is 2.70 bits per heavy atom. The molecule has 5 nitrogen and oxygen atoms in total. The number of hydrogen-bond donors (Lipinski definition) is 2. The fourth-order valence-electron chi connectivity index (χ4n) is 2.55. The first-order valence-corrected chi connectivity index (χ1v) is 7.97. The number of rotatable bonds is 10. The molecule has 0 saturated carbocycles. The van der Waals surface area contributed by atoms with Crippen LogP contribution in [0.1, 0.15) is 31.1 Å². The van der Waals surface area contributed by atoms with Gasteiger partial charge in [-0.25, -0.2) is 0 Å². The van der Waals surface area contributed by atoms with E-state index >= 15 is 0 Å². The molecule has 130 valence electrons. The Hall–Kier alpha value is -1.43. The van der Waals surface area contributed by atoms with Crippen molar-refractivity contribution in [3.05, 3.63) is 29.8 Å². The molecule has 0 spiro atoms. The third-order valence-corrected chi connectivity index (χ3v) is 3.41. The molecule has 0 amide bonds. The van der Waals surface area contributed by atoms with Crippen LogP contribution < -0.4 is 10.1 Å². The van der Waals surface area contributed by atoms with E-state index in [9.17, 15) is 9.90 Å². The predicted octanol–water partition coefficient (Wildman–Crippen LogP) is 1.81. The van der Waals surface area contributed by atoms with Gasteiger partial charge in [0.1, 0.15) is 18.5 Å². The smallest absolute Gasteiger partial charge is 0.159 e. The number of carbonyl (C=O) groups is 1. The van der Waals surface area contributed by atoms with Gasteiger partial charge in [-0.2, -0.15) is 0 Å². The van der Waals surface area contributed by atoms with Gasteiger partial charge in [-0.1, -0.05) is 26.0 Å². The summed E-state index contributed by atoms with van der Waals surface area (Å²) < 4.78 is 5.56. The molecule has 0 aromatic heterocycles. The van der Waals surface area contributed by atoms with Gasteiger partial charge < -0.3 is 20.1 Å². The molecule has 0 heterocycles. The molecule has 0 fully saturated rings. The van der Waals surface area contributed by atoms with Gasteiger partial charge in [0.25, 0.3) is 0 Å². The Labute approximate surface area is 139 Å². The minimum absolute atomic E-state index is 0.000730. The number of Topliss-reactive ketones (excluding diaryl/α,β-unsaturated/α-hetero) is 1. The van der Waals surface area contributed by atoms with E-state index in [4.69, 9.17) is 4.74 Å². The molecule has 0 unspecified atom stereocenters. The van der Waals surface area contributed by atoms with Crippen LogP contribution in [0.25, 0.3) is 0 Å². The first-order chi connectivity index (χ1) is 10.7. The quantitative estimate of drug-likeness (QED) is 0.643. The molecule has 1 atom stereocenters. The van der Waals surface area contributed by atoms with E-state index < -0.39 is 6.10 Å². The number of nitrogens with one attached hydrogen (secondary N) is 1. The third-order valence-electron chi connectivity index (χ3n) is 3.41. The molecule has 0 bridgehead atoms. The number of aliphatic hydroxyl groups excluding tert-OH is 1. The van der Waals surface area contributed by atoms with Crippen LogP contribution in [0.2, 0.25) is 0 Å². The van der Waals surface area contributed by atoms with Gasteiger partial charge in [0.15, 0.2) is 5.78 Å². The van der Waals surface area contributed by atoms with Gasteiger partial charge in [0, 0.05) is 25.2 Å². The van der Waals surface area contributed by atoms with Crippen LogP contribution in [0.5, 0.6) is 5.75 Å². The molecule has 1 aromatic carbocycles. The Morgan fingerprint density at radius 2 is 2.09 bits per heavy atom. The van der Waals surface area contributed by atoms with Crippen molar-refractivity contribution in [2.75, 3.05) is 40.3 Å². The van der Waals surface area contributed by atoms with Crippen LogP contribution in [0, 0.1) is 5.41 Å². The van der Waals surface area contributed by atoms with E-state index in [2.05, 4.69) is 38.2 Å². The number of hydrogen-bond acceptors (Lipinski definition) is 5. The lowest BCUT2D eigenvalue weighted by atomic mass is 9.93. The number of carbonyl (C=O) groups excluding carboxylic acids is 1. The van der Waals surface area contributed by atoms with Crippen LogP contribution in [-0.4, -0.2) is 62.2 Å². The minimum Gasteiger partial charge on any atom is -0.491 e. The summed E-state index contributed by atoms with van der Waals surface area (Å²) in [6.45, 7) is 8.37. The zero-order chi connectivity index (χ0) is 17.5. The summed E-state index contributed by atoms with van der Waals surface area (Å²) in [6.07, 6.45) is -0.592. The Balaban J connectivity index is 2.33. The highest BCUT2D eigenvalue weighted by atomic mass is 16.5. The summed E-state index contributed by atoms with van der Waals surface area (Å²) in [7, 11) is 4.11. The average Bonchev–Trinajstić information content (AvgIpc) is 2.43. The summed E-state index contributed by atoms with van der Waals surface area (Å²) >= 11 is 0. The molecule has 23 heavy (non-hydrogen) atoms. The maximum atomic E-state index is 11.3. The van der Waals surface area contributed by atoms with Crippen molar-refractivity contribution in [2.24, 2.45) is 5.41 Å². The Morgan fingerprint density at radius 1 is 1.39 bits per heavy atom. The maximum absolute atomic E-state index is 11.3. The highest BCUT2D eigenvalue weighted by Crippen LogP contribution is 2.15. The van der Waals surface area contributed by atoms with Crippen LogP contribution in [0.3, 0.4) is 0 Å². The summed E-state index contributed by atoms with van der Waals surface area (Å²) in [5.41, 5.74) is 0.750. The third kappa shape index (κ3) is 8.11. The largest absolute Gasteiger partial charge is 0.491 e. The van der Waals surface area contributed by atoms with E-state index in [-0.39, 0.29) is 17.8 Å². The fourth-order valence-corrected chi connectivity index (χ4v) is 2.55. The first kappa shape index (κ1) is 19.6. The van der Waals surface area contributed by atoms with E-state index in [0.29, 0.717) is 17.9 Å². The normalized spacial score (nSPS) is 13.2. The zero-order valence-electron chi connectivity index (χ0n) is 14.9. The van der Waals surface area contributed by atoms with Gasteiger partial charge in [0.2, 0.25) is 0 Å². The predicted molar refractivity (Wildman–Crippen MR) is 93.2 cm³/mol. The number of ketones is 1. The molecular formula is C18H30N2O3. The fraction of sp³-hybridized carbons (Fsp3) is 0.611. The molecule has 0 saturated heterocycles. The standard InChI is InChI=1S/C18H30N2O3/c1-14(21)15-7-6-8-17(9-15)23-11-16(22)10-19-12-18(2,3)13-20(4)5/h6-9,16,19,22H,10-13H2,1-5H3/t16-/m0/s1. The molecule has 0 aliphatic heterocycles. The van der Waals surface area contributed by atoms with Crippen molar-refractivity contribution in [1.82, 2.24) is 10.2 Å². The van der Waals surface area contributed by atoms with Gasteiger partial charge in [-0.05, 0) is 38.6 Å². The maximum Gasteiger partial charge on any atom is 0.159 e. The van der Waals surface area contributed by atoms with Crippen molar-refractivity contribution >= 4 is 5.78 Å². The lowest BCUT2D eigenvalue weighted by Crippen LogP contribution is -2.41. The van der Waals surface area contributed by atoms with Gasteiger partial charge in [-0.3, -0.25) is 4.79 Å². The van der Waals surface area contributed by atoms with Crippen LogP contribution in [-0.2, 0) is 0 Å². The number of ether oxygens (including phenoxy) is 1. The monoisotopic (exact) mass is 322 g/mol. The first-order valence-electron chi connectivity index (χ1n) is 7.97. The highest BCUT2D eigenvalue weighted by Gasteiger charge is 2.18. The SMILES string of the molecule is CC(=O)c1cccc(OC[C@@H](O)CNCC(C)(C)CN(C)C)c1. The van der Waals surface area contributed by atoms with Crippen LogP contribution in [0.4, 0.5) is 0 Å². The molecule has 1 aromatic rings. The summed E-state index contributed by atoms with van der Waals surface area (Å²) in [4.78, 5) is 13.5. The average molecular weight is 322 g/mol.